The van der Waals surface area contributed by atoms with Crippen LogP contribution in [0.25, 0.3) is 0 Å². The minimum Gasteiger partial charge on any atom is -0.378 e. The van der Waals surface area contributed by atoms with E-state index in [2.05, 4.69) is 26.3 Å². The third-order valence-electron chi connectivity index (χ3n) is 2.61. The summed E-state index contributed by atoms with van der Waals surface area (Å²) in [5.74, 6) is -1.14. The molecule has 6 heteroatoms. The number of aryl methyl sites for hydroxylation is 2. The van der Waals surface area contributed by atoms with Gasteiger partial charge in [0.05, 0.1) is 15.9 Å². The molecule has 0 aliphatic carbocycles. The molecule has 2 aromatic rings. The molecule has 1 aromatic heterocycles. The molecule has 0 unspecified atom stereocenters. The number of nitrogens with zero attached hydrogens (tertiary/aromatic N) is 2. The number of halogens is 3. The largest absolute Gasteiger partial charge is 0.378 e. The van der Waals surface area contributed by atoms with Crippen LogP contribution in [0.5, 0.6) is 0 Å². The third kappa shape index (κ3) is 2.53. The van der Waals surface area contributed by atoms with Crippen LogP contribution in [0.1, 0.15) is 11.3 Å². The van der Waals surface area contributed by atoms with Gasteiger partial charge >= 0.3 is 0 Å². The Hall–Kier alpha value is -1.43. The third-order valence-corrected chi connectivity index (χ3v) is 3.22. The lowest BCUT2D eigenvalue weighted by molar-refractivity contribution is 0.555. The van der Waals surface area contributed by atoms with Gasteiger partial charge in [-0.3, -0.25) is 4.68 Å². The van der Waals surface area contributed by atoms with Gasteiger partial charge in [0.2, 0.25) is 0 Å². The maximum Gasteiger partial charge on any atom is 0.145 e. The standard InChI is InChI=1S/C12H12BrF2N3/c1-7-11(6-18(2)17-7)16-5-8-10(14)4-3-9(13)12(8)15/h3-4,6,16H,5H2,1-2H3. The quantitative estimate of drug-likeness (QED) is 0.880. The van der Waals surface area contributed by atoms with Crippen LogP contribution in [0.4, 0.5) is 14.5 Å². The van der Waals surface area contributed by atoms with Crippen molar-refractivity contribution in [2.45, 2.75) is 13.5 Å². The molecular weight excluding hydrogens is 304 g/mol. The van der Waals surface area contributed by atoms with Crippen molar-refractivity contribution in [3.63, 3.8) is 0 Å². The molecular formula is C12H12BrF2N3. The summed E-state index contributed by atoms with van der Waals surface area (Å²) in [6.45, 7) is 1.90. The Morgan fingerprint density at radius 1 is 1.39 bits per heavy atom. The first-order chi connectivity index (χ1) is 8.49. The Morgan fingerprint density at radius 2 is 2.11 bits per heavy atom. The first-order valence-corrected chi connectivity index (χ1v) is 6.15. The number of aromatic nitrogens is 2. The highest BCUT2D eigenvalue weighted by atomic mass is 79.9. The topological polar surface area (TPSA) is 29.9 Å². The summed E-state index contributed by atoms with van der Waals surface area (Å²) in [6.07, 6.45) is 1.77. The molecule has 0 aliphatic heterocycles. The Kier molecular flexibility index (Phi) is 3.65. The summed E-state index contributed by atoms with van der Waals surface area (Å²) in [5.41, 5.74) is 1.55. The minimum absolute atomic E-state index is 0.00706. The van der Waals surface area contributed by atoms with Gasteiger partial charge in [0.1, 0.15) is 11.6 Å². The zero-order chi connectivity index (χ0) is 13.3. The van der Waals surface area contributed by atoms with E-state index in [9.17, 15) is 8.78 Å². The molecule has 0 saturated heterocycles. The van der Waals surface area contributed by atoms with E-state index in [1.54, 1.807) is 17.9 Å². The van der Waals surface area contributed by atoms with E-state index in [0.29, 0.717) is 0 Å². The number of anilines is 1. The second kappa shape index (κ2) is 5.06. The lowest BCUT2D eigenvalue weighted by atomic mass is 10.2. The number of benzene rings is 1. The molecule has 0 radical (unpaired) electrons. The van der Waals surface area contributed by atoms with E-state index in [0.717, 1.165) is 11.4 Å². The number of hydrogen-bond donors (Lipinski definition) is 1. The highest BCUT2D eigenvalue weighted by molar-refractivity contribution is 9.10. The van der Waals surface area contributed by atoms with E-state index in [4.69, 9.17) is 0 Å². The van der Waals surface area contributed by atoms with Crippen LogP contribution in [0.15, 0.2) is 22.8 Å². The Labute approximate surface area is 112 Å². The van der Waals surface area contributed by atoms with Crippen LogP contribution in [-0.4, -0.2) is 9.78 Å². The minimum atomic E-state index is -0.580. The van der Waals surface area contributed by atoms with Crippen LogP contribution >= 0.6 is 15.9 Å². The van der Waals surface area contributed by atoms with Crippen LogP contribution in [0.2, 0.25) is 0 Å². The molecule has 96 valence electrons. The van der Waals surface area contributed by atoms with Gasteiger partial charge in [0.15, 0.2) is 0 Å². The van der Waals surface area contributed by atoms with Gasteiger partial charge < -0.3 is 5.32 Å². The molecule has 0 saturated carbocycles. The average Bonchev–Trinajstić information content (AvgIpc) is 2.63. The molecule has 2 rings (SSSR count). The fourth-order valence-electron chi connectivity index (χ4n) is 1.69. The second-order valence-electron chi connectivity index (χ2n) is 3.98. The lowest BCUT2D eigenvalue weighted by Crippen LogP contribution is -2.05. The molecule has 0 bridgehead atoms. The first-order valence-electron chi connectivity index (χ1n) is 5.35. The summed E-state index contributed by atoms with van der Waals surface area (Å²) in [7, 11) is 1.79. The summed E-state index contributed by atoms with van der Waals surface area (Å²) >= 11 is 3.04. The molecule has 0 amide bonds. The molecule has 0 fully saturated rings. The zero-order valence-electron chi connectivity index (χ0n) is 9.97. The highest BCUT2D eigenvalue weighted by Gasteiger charge is 2.12. The van der Waals surface area contributed by atoms with Crippen molar-refractivity contribution in [2.75, 3.05) is 5.32 Å². The first kappa shape index (κ1) is 13.0. The van der Waals surface area contributed by atoms with E-state index in [-0.39, 0.29) is 16.6 Å². The predicted octanol–water partition coefficient (Wildman–Crippen LogP) is 3.38. The highest BCUT2D eigenvalue weighted by Crippen LogP contribution is 2.23. The molecule has 1 heterocycles. The van der Waals surface area contributed by atoms with Crippen LogP contribution < -0.4 is 5.32 Å². The molecule has 18 heavy (non-hydrogen) atoms. The maximum atomic E-state index is 13.7. The summed E-state index contributed by atoms with van der Waals surface area (Å²) in [4.78, 5) is 0. The summed E-state index contributed by atoms with van der Waals surface area (Å²) in [5, 5.41) is 7.12. The van der Waals surface area contributed by atoms with Gasteiger partial charge in [-0.15, -0.1) is 0 Å². The normalized spacial score (nSPS) is 10.7. The number of rotatable bonds is 3. The van der Waals surface area contributed by atoms with Crippen molar-refractivity contribution in [3.05, 3.63) is 45.7 Å². The van der Waals surface area contributed by atoms with Gasteiger partial charge in [-0.25, -0.2) is 8.78 Å². The van der Waals surface area contributed by atoms with Gasteiger partial charge in [-0.05, 0) is 35.0 Å². The summed E-state index contributed by atoms with van der Waals surface area (Å²) in [6, 6.07) is 2.59. The van der Waals surface area contributed by atoms with Crippen molar-refractivity contribution < 1.29 is 8.78 Å². The lowest BCUT2D eigenvalue weighted by Gasteiger charge is -2.08. The fraction of sp³-hybridized carbons (Fsp3) is 0.250. The van der Waals surface area contributed by atoms with Crippen molar-refractivity contribution in [2.24, 2.45) is 7.05 Å². The molecule has 0 spiro atoms. The van der Waals surface area contributed by atoms with E-state index >= 15 is 0 Å². The Bertz CT molecular complexity index is 581. The second-order valence-corrected chi connectivity index (χ2v) is 4.83. The van der Waals surface area contributed by atoms with E-state index < -0.39 is 11.6 Å². The SMILES string of the molecule is Cc1nn(C)cc1NCc1c(F)ccc(Br)c1F. The molecule has 0 atom stereocenters. The monoisotopic (exact) mass is 315 g/mol. The van der Waals surface area contributed by atoms with Crippen molar-refractivity contribution >= 4 is 21.6 Å². The smallest absolute Gasteiger partial charge is 0.145 e. The van der Waals surface area contributed by atoms with Crippen molar-refractivity contribution in [1.82, 2.24) is 9.78 Å². The van der Waals surface area contributed by atoms with Crippen molar-refractivity contribution in [1.29, 1.82) is 0 Å². The summed E-state index contributed by atoms with van der Waals surface area (Å²) < 4.78 is 29.1. The fourth-order valence-corrected chi connectivity index (χ4v) is 2.06. The Balaban J connectivity index is 2.20. The van der Waals surface area contributed by atoms with Gasteiger partial charge in [-0.2, -0.15) is 5.10 Å². The van der Waals surface area contributed by atoms with Crippen LogP contribution in [0, 0.1) is 18.6 Å². The average molecular weight is 316 g/mol. The molecule has 0 aliphatic rings. The van der Waals surface area contributed by atoms with Crippen molar-refractivity contribution in [3.8, 4) is 0 Å². The van der Waals surface area contributed by atoms with E-state index in [1.807, 2.05) is 6.92 Å². The number of hydrogen-bond acceptors (Lipinski definition) is 2. The van der Waals surface area contributed by atoms with E-state index in [1.165, 1.54) is 12.1 Å². The zero-order valence-corrected chi connectivity index (χ0v) is 11.6. The van der Waals surface area contributed by atoms with Gasteiger partial charge in [-0.1, -0.05) is 0 Å². The molecule has 3 nitrogen and oxygen atoms in total. The van der Waals surface area contributed by atoms with Gasteiger partial charge in [0.25, 0.3) is 0 Å². The predicted molar refractivity (Wildman–Crippen MR) is 69.3 cm³/mol. The van der Waals surface area contributed by atoms with Crippen LogP contribution in [-0.2, 0) is 13.6 Å². The Morgan fingerprint density at radius 3 is 2.72 bits per heavy atom. The molecule has 1 N–H and O–H groups in total. The molecule has 1 aromatic carbocycles. The van der Waals surface area contributed by atoms with Crippen LogP contribution in [0.3, 0.4) is 0 Å². The number of nitrogens with one attached hydrogen (secondary N) is 1. The maximum absolute atomic E-state index is 13.7. The van der Waals surface area contributed by atoms with Gasteiger partial charge in [0, 0.05) is 25.4 Å².